The second kappa shape index (κ2) is 4.71. The molecule has 0 aliphatic heterocycles. The van der Waals surface area contributed by atoms with Crippen molar-refractivity contribution in [1.82, 2.24) is 4.98 Å². The summed E-state index contributed by atoms with van der Waals surface area (Å²) in [4.78, 5) is 4.36. The summed E-state index contributed by atoms with van der Waals surface area (Å²) in [6.45, 7) is 0. The highest BCUT2D eigenvalue weighted by molar-refractivity contribution is 5.82. The summed E-state index contributed by atoms with van der Waals surface area (Å²) in [6, 6.07) is 17.0. The van der Waals surface area contributed by atoms with Crippen LogP contribution in [0.3, 0.4) is 0 Å². The highest BCUT2D eigenvalue weighted by atomic mass is 16.3. The van der Waals surface area contributed by atoms with E-state index in [0.29, 0.717) is 5.69 Å². The number of aliphatic hydroxyl groups excluding tert-OH is 1. The number of hydrogen-bond donors (Lipinski definition) is 2. The zero-order chi connectivity index (χ0) is 13.2. The number of rotatable bonds is 2. The van der Waals surface area contributed by atoms with Gasteiger partial charge in [-0.2, -0.15) is 0 Å². The van der Waals surface area contributed by atoms with Crippen LogP contribution in [0.1, 0.15) is 17.2 Å². The molecular formula is C16H14N2O. The van der Waals surface area contributed by atoms with Crippen molar-refractivity contribution in [2.24, 2.45) is 0 Å². The molecule has 0 aliphatic rings. The number of anilines is 1. The first-order valence-corrected chi connectivity index (χ1v) is 6.13. The molecule has 1 aromatic heterocycles. The lowest BCUT2D eigenvalue weighted by atomic mass is 9.98. The van der Waals surface area contributed by atoms with Gasteiger partial charge in [-0.05, 0) is 23.8 Å². The van der Waals surface area contributed by atoms with Crippen LogP contribution in [0.2, 0.25) is 0 Å². The minimum Gasteiger partial charge on any atom is -0.399 e. The van der Waals surface area contributed by atoms with Gasteiger partial charge in [0, 0.05) is 22.8 Å². The molecule has 0 aliphatic carbocycles. The zero-order valence-electron chi connectivity index (χ0n) is 10.3. The molecule has 0 radical (unpaired) electrons. The molecular weight excluding hydrogens is 236 g/mol. The van der Waals surface area contributed by atoms with Gasteiger partial charge < -0.3 is 10.8 Å². The van der Waals surface area contributed by atoms with Gasteiger partial charge in [0.2, 0.25) is 0 Å². The number of hydrogen-bond acceptors (Lipinski definition) is 3. The minimum absolute atomic E-state index is 0.643. The zero-order valence-corrected chi connectivity index (χ0v) is 10.3. The molecule has 19 heavy (non-hydrogen) atoms. The molecule has 0 bridgehead atoms. The lowest BCUT2D eigenvalue weighted by molar-refractivity contribution is 0.221. The van der Waals surface area contributed by atoms with E-state index in [2.05, 4.69) is 4.98 Å². The third-order valence-electron chi connectivity index (χ3n) is 3.18. The Kier molecular flexibility index (Phi) is 2.89. The maximum Gasteiger partial charge on any atom is 0.106 e. The monoisotopic (exact) mass is 250 g/mol. The van der Waals surface area contributed by atoms with Gasteiger partial charge in [-0.3, -0.25) is 4.98 Å². The Bertz CT molecular complexity index is 719. The molecule has 2 aromatic carbocycles. The van der Waals surface area contributed by atoms with Gasteiger partial charge in [-0.1, -0.05) is 36.4 Å². The van der Waals surface area contributed by atoms with Gasteiger partial charge >= 0.3 is 0 Å². The third kappa shape index (κ3) is 2.16. The van der Waals surface area contributed by atoms with Crippen molar-refractivity contribution in [3.63, 3.8) is 0 Å². The van der Waals surface area contributed by atoms with E-state index in [1.807, 2.05) is 42.5 Å². The van der Waals surface area contributed by atoms with Gasteiger partial charge in [0.05, 0.1) is 5.52 Å². The normalized spacial score (nSPS) is 12.5. The van der Waals surface area contributed by atoms with Crippen molar-refractivity contribution in [3.05, 3.63) is 71.9 Å². The average Bonchev–Trinajstić information content (AvgIpc) is 2.46. The van der Waals surface area contributed by atoms with E-state index in [0.717, 1.165) is 22.0 Å². The van der Waals surface area contributed by atoms with Crippen LogP contribution < -0.4 is 5.73 Å². The lowest BCUT2D eigenvalue weighted by Gasteiger charge is -2.14. The first-order chi connectivity index (χ1) is 9.25. The number of fused-ring (bicyclic) bond motifs is 1. The highest BCUT2D eigenvalue weighted by Crippen LogP contribution is 2.28. The largest absolute Gasteiger partial charge is 0.399 e. The smallest absolute Gasteiger partial charge is 0.106 e. The minimum atomic E-state index is -0.720. The molecule has 94 valence electrons. The molecule has 3 aromatic rings. The fourth-order valence-electron chi connectivity index (χ4n) is 2.26. The van der Waals surface area contributed by atoms with Crippen LogP contribution in [0.25, 0.3) is 10.9 Å². The van der Waals surface area contributed by atoms with Crippen molar-refractivity contribution >= 4 is 16.6 Å². The number of nitrogen functional groups attached to an aromatic ring is 1. The number of aliphatic hydroxyl groups is 1. The number of nitrogens with two attached hydrogens (primary N) is 1. The van der Waals surface area contributed by atoms with E-state index < -0.39 is 6.10 Å². The molecule has 1 atom stereocenters. The molecule has 0 spiro atoms. The molecule has 3 N–H and O–H groups in total. The predicted molar refractivity (Wildman–Crippen MR) is 76.7 cm³/mol. The van der Waals surface area contributed by atoms with E-state index in [1.165, 1.54) is 0 Å². The number of aromatic nitrogens is 1. The first kappa shape index (κ1) is 11.7. The topological polar surface area (TPSA) is 59.1 Å². The lowest BCUT2D eigenvalue weighted by Crippen LogP contribution is -2.02. The van der Waals surface area contributed by atoms with Crippen LogP contribution in [0.15, 0.2) is 60.8 Å². The Labute approximate surface area is 111 Å². The van der Waals surface area contributed by atoms with Crippen LogP contribution in [-0.4, -0.2) is 10.1 Å². The summed E-state index contributed by atoms with van der Waals surface area (Å²) in [7, 11) is 0. The molecule has 0 amide bonds. The number of benzene rings is 2. The molecule has 0 saturated carbocycles. The van der Waals surface area contributed by atoms with Crippen molar-refractivity contribution in [1.29, 1.82) is 0 Å². The quantitative estimate of drug-likeness (QED) is 0.687. The number of pyridine rings is 1. The summed E-state index contributed by atoms with van der Waals surface area (Å²) >= 11 is 0. The average molecular weight is 250 g/mol. The summed E-state index contributed by atoms with van der Waals surface area (Å²) in [5.41, 5.74) is 8.79. The number of nitrogens with zero attached hydrogens (tertiary/aromatic N) is 1. The Balaban J connectivity index is 2.14. The molecule has 3 nitrogen and oxygen atoms in total. The highest BCUT2D eigenvalue weighted by Gasteiger charge is 2.14. The molecule has 0 fully saturated rings. The SMILES string of the molecule is Nc1cccc(C(O)c2cccc3cccnc23)c1. The summed E-state index contributed by atoms with van der Waals surface area (Å²) in [5, 5.41) is 11.5. The van der Waals surface area contributed by atoms with Crippen molar-refractivity contribution in [2.75, 3.05) is 5.73 Å². The maximum absolute atomic E-state index is 10.5. The van der Waals surface area contributed by atoms with Crippen LogP contribution in [0.4, 0.5) is 5.69 Å². The molecule has 3 heteroatoms. The van der Waals surface area contributed by atoms with Crippen LogP contribution in [-0.2, 0) is 0 Å². The fourth-order valence-corrected chi connectivity index (χ4v) is 2.26. The first-order valence-electron chi connectivity index (χ1n) is 6.13. The Morgan fingerprint density at radius 2 is 1.79 bits per heavy atom. The van der Waals surface area contributed by atoms with E-state index in [-0.39, 0.29) is 0 Å². The summed E-state index contributed by atoms with van der Waals surface area (Å²) in [5.74, 6) is 0. The van der Waals surface area contributed by atoms with Crippen molar-refractivity contribution in [2.45, 2.75) is 6.10 Å². The second-order valence-electron chi connectivity index (χ2n) is 4.50. The maximum atomic E-state index is 10.5. The van der Waals surface area contributed by atoms with Crippen LogP contribution in [0, 0.1) is 0 Å². The second-order valence-corrected chi connectivity index (χ2v) is 4.50. The van der Waals surface area contributed by atoms with E-state index in [4.69, 9.17) is 5.73 Å². The predicted octanol–water partition coefficient (Wildman–Crippen LogP) is 2.90. The Morgan fingerprint density at radius 1 is 1.00 bits per heavy atom. The molecule has 3 rings (SSSR count). The summed E-state index contributed by atoms with van der Waals surface area (Å²) in [6.07, 6.45) is 1.01. The van der Waals surface area contributed by atoms with Crippen LogP contribution >= 0.6 is 0 Å². The van der Waals surface area contributed by atoms with Crippen LogP contribution in [0.5, 0.6) is 0 Å². The van der Waals surface area contributed by atoms with Gasteiger partial charge in [0.1, 0.15) is 6.10 Å². The Morgan fingerprint density at radius 3 is 2.63 bits per heavy atom. The molecule has 1 unspecified atom stereocenters. The standard InChI is InChI=1S/C16H14N2O/c17-13-7-1-5-12(10-13)16(19)14-8-2-4-11-6-3-9-18-15(11)14/h1-10,16,19H,17H2. The third-order valence-corrected chi connectivity index (χ3v) is 3.18. The van der Waals surface area contributed by atoms with Crippen molar-refractivity contribution in [3.8, 4) is 0 Å². The van der Waals surface area contributed by atoms with Gasteiger partial charge in [-0.25, -0.2) is 0 Å². The fraction of sp³-hybridized carbons (Fsp3) is 0.0625. The van der Waals surface area contributed by atoms with E-state index >= 15 is 0 Å². The van der Waals surface area contributed by atoms with E-state index in [9.17, 15) is 5.11 Å². The summed E-state index contributed by atoms with van der Waals surface area (Å²) < 4.78 is 0. The molecule has 1 heterocycles. The Hall–Kier alpha value is -2.39. The van der Waals surface area contributed by atoms with Gasteiger partial charge in [0.15, 0.2) is 0 Å². The van der Waals surface area contributed by atoms with Gasteiger partial charge in [0.25, 0.3) is 0 Å². The van der Waals surface area contributed by atoms with Gasteiger partial charge in [-0.15, -0.1) is 0 Å². The number of para-hydroxylation sites is 1. The van der Waals surface area contributed by atoms with E-state index in [1.54, 1.807) is 18.3 Å². The molecule has 0 saturated heterocycles. The van der Waals surface area contributed by atoms with Crippen molar-refractivity contribution < 1.29 is 5.11 Å².